The summed E-state index contributed by atoms with van der Waals surface area (Å²) in [5, 5.41) is 3.55. The number of fused-ring (bicyclic) bond motifs is 1. The standard InChI is InChI=1S/C19H20ClN5O/c1-12(26)22-13-7-8-25(11-13)18-9-14(15(20)10-21-18)19-23-16-5-3-4-6-17(16)24(19)2/h3-6,9-10,13H,7-8,11H2,1-2H3,(H,22,26). The Hall–Kier alpha value is -2.60. The van der Waals surface area contributed by atoms with E-state index < -0.39 is 0 Å². The monoisotopic (exact) mass is 369 g/mol. The Morgan fingerprint density at radius 2 is 2.15 bits per heavy atom. The van der Waals surface area contributed by atoms with E-state index in [1.54, 1.807) is 13.1 Å². The van der Waals surface area contributed by atoms with Crippen LogP contribution in [0.3, 0.4) is 0 Å². The molecule has 1 saturated heterocycles. The number of anilines is 1. The normalized spacial score (nSPS) is 17.0. The third-order valence-corrected chi connectivity index (χ3v) is 5.09. The maximum atomic E-state index is 11.3. The molecule has 4 rings (SSSR count). The third-order valence-electron chi connectivity index (χ3n) is 4.79. The Balaban J connectivity index is 1.69. The van der Waals surface area contributed by atoms with Crippen LogP contribution in [0.2, 0.25) is 5.02 Å². The minimum atomic E-state index is 0.00121. The van der Waals surface area contributed by atoms with Crippen LogP contribution < -0.4 is 10.2 Å². The number of imidazole rings is 1. The molecule has 1 unspecified atom stereocenters. The second-order valence-electron chi connectivity index (χ2n) is 6.64. The molecule has 1 fully saturated rings. The summed E-state index contributed by atoms with van der Waals surface area (Å²) in [6.45, 7) is 3.14. The number of halogens is 1. The first kappa shape index (κ1) is 16.8. The van der Waals surface area contributed by atoms with Crippen molar-refractivity contribution in [2.24, 2.45) is 7.05 Å². The minimum absolute atomic E-state index is 0.00121. The predicted molar refractivity (Wildman–Crippen MR) is 103 cm³/mol. The molecule has 1 N–H and O–H groups in total. The molecule has 0 spiro atoms. The van der Waals surface area contributed by atoms with E-state index in [4.69, 9.17) is 16.6 Å². The number of rotatable bonds is 3. The lowest BCUT2D eigenvalue weighted by Gasteiger charge is -2.19. The van der Waals surface area contributed by atoms with Gasteiger partial charge in [-0.25, -0.2) is 9.97 Å². The summed E-state index contributed by atoms with van der Waals surface area (Å²) in [5.74, 6) is 1.67. The molecule has 0 aliphatic carbocycles. The largest absolute Gasteiger partial charge is 0.354 e. The van der Waals surface area contributed by atoms with Gasteiger partial charge in [0, 0.05) is 44.9 Å². The van der Waals surface area contributed by atoms with E-state index in [0.29, 0.717) is 5.02 Å². The molecule has 3 aromatic rings. The van der Waals surface area contributed by atoms with E-state index in [9.17, 15) is 4.79 Å². The Labute approximate surface area is 156 Å². The van der Waals surface area contributed by atoms with Crippen LogP contribution in [-0.2, 0) is 11.8 Å². The van der Waals surface area contributed by atoms with Crippen molar-refractivity contribution < 1.29 is 4.79 Å². The van der Waals surface area contributed by atoms with E-state index >= 15 is 0 Å². The van der Waals surface area contributed by atoms with E-state index in [2.05, 4.69) is 15.2 Å². The number of hydrogen-bond donors (Lipinski definition) is 1. The van der Waals surface area contributed by atoms with Gasteiger partial charge in [-0.15, -0.1) is 0 Å². The average molecular weight is 370 g/mol. The van der Waals surface area contributed by atoms with E-state index in [0.717, 1.165) is 47.7 Å². The van der Waals surface area contributed by atoms with Crippen LogP contribution >= 0.6 is 11.6 Å². The number of carbonyl (C=O) groups excluding carboxylic acids is 1. The molecule has 26 heavy (non-hydrogen) atoms. The van der Waals surface area contributed by atoms with Gasteiger partial charge in [0.1, 0.15) is 11.6 Å². The quantitative estimate of drug-likeness (QED) is 0.770. The highest BCUT2D eigenvalue weighted by Crippen LogP contribution is 2.32. The molecular formula is C19H20ClN5O. The molecule has 1 atom stereocenters. The predicted octanol–water partition coefficient (Wildman–Crippen LogP) is 3.00. The van der Waals surface area contributed by atoms with E-state index in [-0.39, 0.29) is 11.9 Å². The summed E-state index contributed by atoms with van der Waals surface area (Å²) in [6, 6.07) is 10.2. The lowest BCUT2D eigenvalue weighted by atomic mass is 10.2. The van der Waals surface area contributed by atoms with Crippen LogP contribution in [0.5, 0.6) is 0 Å². The van der Waals surface area contributed by atoms with Gasteiger partial charge in [0.15, 0.2) is 0 Å². The number of carbonyl (C=O) groups is 1. The van der Waals surface area contributed by atoms with Crippen molar-refractivity contribution in [1.29, 1.82) is 0 Å². The summed E-state index contributed by atoms with van der Waals surface area (Å²) in [7, 11) is 1.99. The van der Waals surface area contributed by atoms with Crippen molar-refractivity contribution in [3.05, 3.63) is 41.6 Å². The summed E-state index contributed by atoms with van der Waals surface area (Å²) in [6.07, 6.45) is 2.59. The Morgan fingerprint density at radius 3 is 2.92 bits per heavy atom. The van der Waals surface area contributed by atoms with Crippen LogP contribution in [0.1, 0.15) is 13.3 Å². The Kier molecular flexibility index (Phi) is 4.28. The summed E-state index contributed by atoms with van der Waals surface area (Å²) < 4.78 is 2.05. The van der Waals surface area contributed by atoms with Crippen LogP contribution in [0, 0.1) is 0 Å². The molecular weight excluding hydrogens is 350 g/mol. The molecule has 2 aromatic heterocycles. The zero-order valence-electron chi connectivity index (χ0n) is 14.7. The number of aromatic nitrogens is 3. The van der Waals surface area contributed by atoms with Gasteiger partial charge in [-0.05, 0) is 24.6 Å². The van der Waals surface area contributed by atoms with Gasteiger partial charge >= 0.3 is 0 Å². The molecule has 1 aromatic carbocycles. The molecule has 6 nitrogen and oxygen atoms in total. The van der Waals surface area contributed by atoms with Gasteiger partial charge in [0.2, 0.25) is 5.91 Å². The van der Waals surface area contributed by atoms with Crippen molar-refractivity contribution in [1.82, 2.24) is 19.9 Å². The van der Waals surface area contributed by atoms with Crippen molar-refractivity contribution in [3.8, 4) is 11.4 Å². The van der Waals surface area contributed by atoms with Gasteiger partial charge < -0.3 is 14.8 Å². The fourth-order valence-corrected chi connectivity index (χ4v) is 3.72. The third kappa shape index (κ3) is 3.01. The summed E-state index contributed by atoms with van der Waals surface area (Å²) >= 11 is 6.44. The number of para-hydroxylation sites is 2. The van der Waals surface area contributed by atoms with Crippen molar-refractivity contribution >= 4 is 34.4 Å². The fraction of sp³-hybridized carbons (Fsp3) is 0.316. The van der Waals surface area contributed by atoms with E-state index in [1.807, 2.05) is 41.9 Å². The number of hydrogen-bond acceptors (Lipinski definition) is 4. The Morgan fingerprint density at radius 1 is 1.35 bits per heavy atom. The number of nitrogens with zero attached hydrogens (tertiary/aromatic N) is 4. The van der Waals surface area contributed by atoms with Crippen LogP contribution in [0.15, 0.2) is 36.5 Å². The van der Waals surface area contributed by atoms with Crippen LogP contribution in [0.4, 0.5) is 5.82 Å². The zero-order chi connectivity index (χ0) is 18.3. The van der Waals surface area contributed by atoms with Crippen molar-refractivity contribution in [2.45, 2.75) is 19.4 Å². The molecule has 1 aliphatic rings. The molecule has 0 radical (unpaired) electrons. The van der Waals surface area contributed by atoms with Gasteiger partial charge in [0.05, 0.1) is 16.1 Å². The van der Waals surface area contributed by atoms with Gasteiger partial charge in [0.25, 0.3) is 0 Å². The second-order valence-corrected chi connectivity index (χ2v) is 7.04. The molecule has 0 bridgehead atoms. The lowest BCUT2D eigenvalue weighted by molar-refractivity contribution is -0.119. The highest BCUT2D eigenvalue weighted by atomic mass is 35.5. The number of pyridine rings is 1. The molecule has 1 aliphatic heterocycles. The lowest BCUT2D eigenvalue weighted by Crippen LogP contribution is -2.35. The number of benzene rings is 1. The highest BCUT2D eigenvalue weighted by molar-refractivity contribution is 6.33. The second kappa shape index (κ2) is 6.61. The topological polar surface area (TPSA) is 63.1 Å². The first-order valence-corrected chi connectivity index (χ1v) is 9.00. The first-order chi connectivity index (χ1) is 12.5. The molecule has 0 saturated carbocycles. The Bertz CT molecular complexity index is 983. The smallest absolute Gasteiger partial charge is 0.217 e. The number of amides is 1. The van der Waals surface area contributed by atoms with Gasteiger partial charge in [-0.2, -0.15) is 0 Å². The van der Waals surface area contributed by atoms with Crippen molar-refractivity contribution in [2.75, 3.05) is 18.0 Å². The number of nitrogens with one attached hydrogen (secondary N) is 1. The van der Waals surface area contributed by atoms with Crippen LogP contribution in [-0.4, -0.2) is 39.6 Å². The molecule has 7 heteroatoms. The van der Waals surface area contributed by atoms with Crippen LogP contribution in [0.25, 0.3) is 22.4 Å². The summed E-state index contributed by atoms with van der Waals surface area (Å²) in [5.41, 5.74) is 2.86. The van der Waals surface area contributed by atoms with Gasteiger partial charge in [-0.1, -0.05) is 23.7 Å². The first-order valence-electron chi connectivity index (χ1n) is 8.62. The minimum Gasteiger partial charge on any atom is -0.354 e. The summed E-state index contributed by atoms with van der Waals surface area (Å²) in [4.78, 5) is 22.7. The molecule has 3 heterocycles. The molecule has 1 amide bonds. The fourth-order valence-electron chi connectivity index (χ4n) is 3.53. The SMILES string of the molecule is CC(=O)NC1CCN(c2cc(-c3nc4ccccc4n3C)c(Cl)cn2)C1. The highest BCUT2D eigenvalue weighted by Gasteiger charge is 2.25. The molecule has 134 valence electrons. The zero-order valence-corrected chi connectivity index (χ0v) is 15.5. The number of aryl methyl sites for hydroxylation is 1. The van der Waals surface area contributed by atoms with Gasteiger partial charge in [-0.3, -0.25) is 4.79 Å². The van der Waals surface area contributed by atoms with E-state index in [1.165, 1.54) is 0 Å². The maximum Gasteiger partial charge on any atom is 0.217 e. The van der Waals surface area contributed by atoms with Crippen molar-refractivity contribution in [3.63, 3.8) is 0 Å². The average Bonchev–Trinajstić information content (AvgIpc) is 3.20. The maximum absolute atomic E-state index is 11.3.